The van der Waals surface area contributed by atoms with E-state index in [4.69, 9.17) is 9.47 Å². The second-order valence-corrected chi connectivity index (χ2v) is 5.30. The van der Waals surface area contributed by atoms with Crippen LogP contribution in [0.25, 0.3) is 0 Å². The van der Waals surface area contributed by atoms with E-state index in [2.05, 4.69) is 21.2 Å². The maximum atomic E-state index is 12.7. The molecule has 7 heteroatoms. The molecule has 1 aromatic carbocycles. The first-order valence-corrected chi connectivity index (χ1v) is 7.09. The smallest absolute Gasteiger partial charge is 0.390 e. The van der Waals surface area contributed by atoms with Crippen LogP contribution in [-0.2, 0) is 0 Å². The molecule has 1 aliphatic heterocycles. The summed E-state index contributed by atoms with van der Waals surface area (Å²) in [6.07, 6.45) is -5.17. The second kappa shape index (κ2) is 6.22. The molecule has 0 aliphatic carbocycles. The van der Waals surface area contributed by atoms with Gasteiger partial charge in [0.15, 0.2) is 11.5 Å². The van der Waals surface area contributed by atoms with Gasteiger partial charge in [-0.15, -0.1) is 0 Å². The fourth-order valence-electron chi connectivity index (χ4n) is 2.12. The summed E-state index contributed by atoms with van der Waals surface area (Å²) in [5.74, 6) is 1.04. The van der Waals surface area contributed by atoms with Crippen molar-refractivity contribution in [3.05, 3.63) is 22.2 Å². The van der Waals surface area contributed by atoms with Crippen LogP contribution in [0.1, 0.15) is 24.9 Å². The molecule has 1 aliphatic rings. The summed E-state index contributed by atoms with van der Waals surface area (Å²) >= 11 is 3.31. The molecular formula is C13H15BrF3NO2. The van der Waals surface area contributed by atoms with Crippen LogP contribution >= 0.6 is 15.9 Å². The number of fused-ring (bicyclic) bond motifs is 1. The number of hydrogen-bond acceptors (Lipinski definition) is 3. The molecule has 1 atom stereocenters. The third-order valence-electron chi connectivity index (χ3n) is 2.92. The molecule has 1 unspecified atom stereocenters. The summed E-state index contributed by atoms with van der Waals surface area (Å²) < 4.78 is 49.4. The lowest BCUT2D eigenvalue weighted by Gasteiger charge is -2.24. The Hall–Kier alpha value is -0.950. The molecule has 1 N–H and O–H groups in total. The van der Waals surface area contributed by atoms with Gasteiger partial charge in [0.25, 0.3) is 0 Å². The zero-order valence-corrected chi connectivity index (χ0v) is 12.5. The summed E-state index contributed by atoms with van der Waals surface area (Å²) in [5.41, 5.74) is 0.522. The molecule has 0 bridgehead atoms. The van der Waals surface area contributed by atoms with Crippen molar-refractivity contribution < 1.29 is 22.6 Å². The van der Waals surface area contributed by atoms with Gasteiger partial charge in [-0.3, -0.25) is 0 Å². The lowest BCUT2D eigenvalue weighted by molar-refractivity contribution is -0.140. The van der Waals surface area contributed by atoms with E-state index in [0.29, 0.717) is 41.3 Å². The molecule has 0 spiro atoms. The first-order valence-electron chi connectivity index (χ1n) is 6.30. The molecule has 0 saturated heterocycles. The zero-order chi connectivity index (χ0) is 14.8. The Bertz CT molecular complexity index is 479. The summed E-state index contributed by atoms with van der Waals surface area (Å²) in [6, 6.07) is 2.45. The monoisotopic (exact) mass is 353 g/mol. The molecule has 0 amide bonds. The molecule has 2 rings (SSSR count). The van der Waals surface area contributed by atoms with E-state index < -0.39 is 18.6 Å². The highest BCUT2D eigenvalue weighted by molar-refractivity contribution is 9.10. The van der Waals surface area contributed by atoms with Crippen molar-refractivity contribution in [2.24, 2.45) is 0 Å². The van der Waals surface area contributed by atoms with Gasteiger partial charge in [0.1, 0.15) is 13.2 Å². The molecule has 1 aromatic rings. The fraction of sp³-hybridized carbons (Fsp3) is 0.538. The Kier molecular flexibility index (Phi) is 4.80. The minimum absolute atomic E-state index is 0.402. The molecule has 0 aromatic heterocycles. The van der Waals surface area contributed by atoms with Gasteiger partial charge in [-0.1, -0.05) is 22.9 Å². The van der Waals surface area contributed by atoms with E-state index in [0.717, 1.165) is 0 Å². The van der Waals surface area contributed by atoms with Gasteiger partial charge in [-0.2, -0.15) is 13.2 Å². The standard InChI is InChI=1S/C13H15BrF3NO2/c1-2-18-10(7-13(15,16)17)8-5-11-12(6-9(8)14)20-4-3-19-11/h5-6,10,18H,2-4,7H2,1H3. The normalized spacial score (nSPS) is 16.1. The first kappa shape index (κ1) is 15.4. The van der Waals surface area contributed by atoms with Gasteiger partial charge in [0.2, 0.25) is 0 Å². The van der Waals surface area contributed by atoms with Crippen molar-refractivity contribution in [1.29, 1.82) is 0 Å². The van der Waals surface area contributed by atoms with Gasteiger partial charge in [0, 0.05) is 10.5 Å². The lowest BCUT2D eigenvalue weighted by atomic mass is 10.0. The predicted molar refractivity (Wildman–Crippen MR) is 72.2 cm³/mol. The number of alkyl halides is 3. The third kappa shape index (κ3) is 3.79. The molecular weight excluding hydrogens is 339 g/mol. The topological polar surface area (TPSA) is 30.5 Å². The zero-order valence-electron chi connectivity index (χ0n) is 10.9. The number of hydrogen-bond donors (Lipinski definition) is 1. The van der Waals surface area contributed by atoms with Crippen LogP contribution in [0.4, 0.5) is 13.2 Å². The van der Waals surface area contributed by atoms with Crippen LogP contribution < -0.4 is 14.8 Å². The Morgan fingerprint density at radius 3 is 2.40 bits per heavy atom. The number of ether oxygens (including phenoxy) is 2. The summed E-state index contributed by atoms with van der Waals surface area (Å²) in [7, 11) is 0. The quantitative estimate of drug-likeness (QED) is 0.892. The van der Waals surface area contributed by atoms with Crippen molar-refractivity contribution in [1.82, 2.24) is 5.32 Å². The van der Waals surface area contributed by atoms with Gasteiger partial charge in [-0.05, 0) is 24.2 Å². The number of rotatable bonds is 4. The van der Waals surface area contributed by atoms with Gasteiger partial charge in [-0.25, -0.2) is 0 Å². The molecule has 0 saturated carbocycles. The average molecular weight is 354 g/mol. The van der Waals surface area contributed by atoms with Crippen molar-refractivity contribution >= 4 is 15.9 Å². The third-order valence-corrected chi connectivity index (χ3v) is 3.61. The van der Waals surface area contributed by atoms with Crippen LogP contribution in [0, 0.1) is 0 Å². The highest BCUT2D eigenvalue weighted by Gasteiger charge is 2.33. The van der Waals surface area contributed by atoms with Crippen molar-refractivity contribution in [3.8, 4) is 11.5 Å². The summed E-state index contributed by atoms with van der Waals surface area (Å²) in [4.78, 5) is 0. The van der Waals surface area contributed by atoms with E-state index in [-0.39, 0.29) is 0 Å². The van der Waals surface area contributed by atoms with Crippen LogP contribution in [0.15, 0.2) is 16.6 Å². The fourth-order valence-corrected chi connectivity index (χ4v) is 2.72. The molecule has 20 heavy (non-hydrogen) atoms. The van der Waals surface area contributed by atoms with Gasteiger partial charge >= 0.3 is 6.18 Å². The van der Waals surface area contributed by atoms with E-state index >= 15 is 0 Å². The Labute approximate surface area is 123 Å². The number of nitrogens with one attached hydrogen (secondary N) is 1. The Morgan fingerprint density at radius 1 is 1.25 bits per heavy atom. The maximum Gasteiger partial charge on any atom is 0.390 e. The average Bonchev–Trinajstić information content (AvgIpc) is 2.36. The number of halogens is 4. The van der Waals surface area contributed by atoms with Crippen LogP contribution in [-0.4, -0.2) is 25.9 Å². The van der Waals surface area contributed by atoms with Crippen LogP contribution in [0.2, 0.25) is 0 Å². The maximum absolute atomic E-state index is 12.7. The first-order chi connectivity index (χ1) is 9.40. The molecule has 0 radical (unpaired) electrons. The number of benzene rings is 1. The minimum Gasteiger partial charge on any atom is -0.486 e. The van der Waals surface area contributed by atoms with E-state index in [1.54, 1.807) is 19.1 Å². The van der Waals surface area contributed by atoms with Crippen LogP contribution in [0.5, 0.6) is 11.5 Å². The van der Waals surface area contributed by atoms with Crippen LogP contribution in [0.3, 0.4) is 0 Å². The lowest BCUT2D eigenvalue weighted by Crippen LogP contribution is -2.27. The van der Waals surface area contributed by atoms with Crippen molar-refractivity contribution in [2.75, 3.05) is 19.8 Å². The highest BCUT2D eigenvalue weighted by Crippen LogP contribution is 2.40. The Morgan fingerprint density at radius 2 is 1.85 bits per heavy atom. The van der Waals surface area contributed by atoms with E-state index in [1.165, 1.54) is 0 Å². The molecule has 1 heterocycles. The second-order valence-electron chi connectivity index (χ2n) is 4.45. The van der Waals surface area contributed by atoms with Gasteiger partial charge < -0.3 is 14.8 Å². The minimum atomic E-state index is -4.24. The Balaban J connectivity index is 2.32. The molecule has 0 fully saturated rings. The molecule has 3 nitrogen and oxygen atoms in total. The summed E-state index contributed by atoms with van der Waals surface area (Å²) in [6.45, 7) is 3.06. The summed E-state index contributed by atoms with van der Waals surface area (Å²) in [5, 5.41) is 2.86. The SMILES string of the molecule is CCNC(CC(F)(F)F)c1cc2c(cc1Br)OCCO2. The van der Waals surface area contributed by atoms with E-state index in [1.807, 2.05) is 0 Å². The highest BCUT2D eigenvalue weighted by atomic mass is 79.9. The van der Waals surface area contributed by atoms with E-state index in [9.17, 15) is 13.2 Å². The van der Waals surface area contributed by atoms with Gasteiger partial charge in [0.05, 0.1) is 6.42 Å². The largest absolute Gasteiger partial charge is 0.486 e. The van der Waals surface area contributed by atoms with Crippen molar-refractivity contribution in [2.45, 2.75) is 25.6 Å². The molecule has 112 valence electrons. The predicted octanol–water partition coefficient (Wildman–Crippen LogP) is 3.82. The van der Waals surface area contributed by atoms with Crippen molar-refractivity contribution in [3.63, 3.8) is 0 Å².